The minimum atomic E-state index is -0.962. The van der Waals surface area contributed by atoms with Gasteiger partial charge in [-0.05, 0) is 38.5 Å². The second-order valence-corrected chi connectivity index (χ2v) is 4.85. The minimum Gasteiger partial charge on any atom is -0.392 e. The molecule has 0 aliphatic rings. The van der Waals surface area contributed by atoms with Gasteiger partial charge in [0, 0.05) is 5.69 Å². The van der Waals surface area contributed by atoms with Crippen LogP contribution in [0.4, 0.5) is 10.1 Å². The van der Waals surface area contributed by atoms with E-state index in [9.17, 15) is 9.18 Å². The Bertz CT molecular complexity index is 472. The van der Waals surface area contributed by atoms with Crippen LogP contribution in [0.5, 0.6) is 0 Å². The van der Waals surface area contributed by atoms with E-state index in [1.54, 1.807) is 32.9 Å². The zero-order chi connectivity index (χ0) is 13.2. The van der Waals surface area contributed by atoms with Gasteiger partial charge >= 0.3 is 0 Å². The smallest absolute Gasteiger partial charge is 0.236 e. The van der Waals surface area contributed by atoms with Crippen LogP contribution in [0.25, 0.3) is 0 Å². The maximum atomic E-state index is 13.3. The minimum absolute atomic E-state index is 0.0996. The van der Waals surface area contributed by atoms with E-state index in [-0.39, 0.29) is 16.7 Å². The van der Waals surface area contributed by atoms with Crippen molar-refractivity contribution in [2.24, 2.45) is 11.1 Å². The van der Waals surface area contributed by atoms with Crippen molar-refractivity contribution in [3.63, 3.8) is 0 Å². The Kier molecular flexibility index (Phi) is 3.83. The number of benzene rings is 1. The highest BCUT2D eigenvalue weighted by Crippen LogP contribution is 2.20. The number of hydrogen-bond donors (Lipinski definition) is 2. The molecule has 0 aromatic heterocycles. The number of carbonyl (C=O) groups is 1. The average Bonchev–Trinajstić information content (AvgIpc) is 2.23. The summed E-state index contributed by atoms with van der Waals surface area (Å²) in [6, 6.07) is 4.49. The lowest BCUT2D eigenvalue weighted by Crippen LogP contribution is -2.41. The van der Waals surface area contributed by atoms with Crippen molar-refractivity contribution in [2.75, 3.05) is 5.32 Å². The summed E-state index contributed by atoms with van der Waals surface area (Å²) < 4.78 is 13.3. The Morgan fingerprint density at radius 2 is 2.06 bits per heavy atom. The van der Waals surface area contributed by atoms with E-state index in [1.807, 2.05) is 0 Å². The molecule has 1 aromatic carbocycles. The molecule has 0 atom stereocenters. The zero-order valence-electron chi connectivity index (χ0n) is 10.0. The van der Waals surface area contributed by atoms with Crippen molar-refractivity contribution >= 4 is 28.8 Å². The molecule has 3 nitrogen and oxygen atoms in total. The maximum absolute atomic E-state index is 13.3. The van der Waals surface area contributed by atoms with Gasteiger partial charge in [0.1, 0.15) is 5.82 Å². The van der Waals surface area contributed by atoms with Crippen LogP contribution in [0, 0.1) is 18.2 Å². The summed E-state index contributed by atoms with van der Waals surface area (Å²) in [6.07, 6.45) is 0. The molecule has 1 rings (SSSR count). The van der Waals surface area contributed by atoms with Crippen molar-refractivity contribution in [1.29, 1.82) is 0 Å². The highest BCUT2D eigenvalue weighted by Gasteiger charge is 2.30. The van der Waals surface area contributed by atoms with Gasteiger partial charge in [0.2, 0.25) is 5.91 Å². The summed E-state index contributed by atoms with van der Waals surface area (Å²) in [5.74, 6) is -0.718. The Morgan fingerprint density at radius 3 is 2.53 bits per heavy atom. The van der Waals surface area contributed by atoms with Crippen LogP contribution in [0.3, 0.4) is 0 Å². The number of thiocarbonyl (C=S) groups is 1. The van der Waals surface area contributed by atoms with Gasteiger partial charge in [0.25, 0.3) is 0 Å². The number of nitrogens with two attached hydrogens (primary N) is 1. The Balaban J connectivity index is 2.89. The van der Waals surface area contributed by atoms with Gasteiger partial charge in [0.05, 0.1) is 10.4 Å². The Labute approximate surface area is 105 Å². The molecule has 17 heavy (non-hydrogen) atoms. The largest absolute Gasteiger partial charge is 0.392 e. The third-order valence-corrected chi connectivity index (χ3v) is 3.12. The molecule has 3 N–H and O–H groups in total. The lowest BCUT2D eigenvalue weighted by atomic mass is 9.92. The lowest BCUT2D eigenvalue weighted by Gasteiger charge is -2.22. The molecule has 0 radical (unpaired) electrons. The lowest BCUT2D eigenvalue weighted by molar-refractivity contribution is -0.121. The quantitative estimate of drug-likeness (QED) is 0.814. The van der Waals surface area contributed by atoms with E-state index < -0.39 is 5.41 Å². The molecule has 0 spiro atoms. The number of amides is 1. The molecule has 1 amide bonds. The normalized spacial score (nSPS) is 11.1. The molecule has 92 valence electrons. The van der Waals surface area contributed by atoms with Gasteiger partial charge in [-0.1, -0.05) is 18.3 Å². The van der Waals surface area contributed by atoms with Crippen LogP contribution in [-0.2, 0) is 4.79 Å². The van der Waals surface area contributed by atoms with Gasteiger partial charge in [-0.2, -0.15) is 0 Å². The van der Waals surface area contributed by atoms with Crippen LogP contribution in [0.2, 0.25) is 0 Å². The fourth-order valence-electron chi connectivity index (χ4n) is 1.07. The SMILES string of the molecule is Cc1ccc(NC(=O)C(C)(C)C(N)=S)cc1F. The molecule has 0 saturated heterocycles. The third kappa shape index (κ3) is 3.00. The number of nitrogens with one attached hydrogen (secondary N) is 1. The standard InChI is InChI=1S/C12H15FN2OS/c1-7-4-5-8(6-9(7)13)15-11(16)12(2,3)10(14)17/h4-6H,1-3H3,(H2,14,17)(H,15,16). The molecule has 1 aromatic rings. The Morgan fingerprint density at radius 1 is 1.47 bits per heavy atom. The summed E-state index contributed by atoms with van der Waals surface area (Å²) in [6.45, 7) is 4.89. The maximum Gasteiger partial charge on any atom is 0.236 e. The first-order chi connectivity index (χ1) is 7.75. The second-order valence-electron chi connectivity index (χ2n) is 4.41. The van der Waals surface area contributed by atoms with E-state index in [0.717, 1.165) is 0 Å². The third-order valence-electron chi connectivity index (χ3n) is 2.61. The predicted molar refractivity (Wildman–Crippen MR) is 70.3 cm³/mol. The van der Waals surface area contributed by atoms with Crippen molar-refractivity contribution in [3.05, 3.63) is 29.6 Å². The number of anilines is 1. The number of carbonyl (C=O) groups excluding carboxylic acids is 1. The molecule has 5 heteroatoms. The first-order valence-corrected chi connectivity index (χ1v) is 5.53. The summed E-state index contributed by atoms with van der Waals surface area (Å²) in [5.41, 5.74) is 5.43. The van der Waals surface area contributed by atoms with Crippen molar-refractivity contribution in [1.82, 2.24) is 0 Å². The summed E-state index contributed by atoms with van der Waals surface area (Å²) in [7, 11) is 0. The molecule has 0 aliphatic heterocycles. The van der Waals surface area contributed by atoms with Gasteiger partial charge in [-0.25, -0.2) is 4.39 Å². The van der Waals surface area contributed by atoms with Crippen LogP contribution in [0.1, 0.15) is 19.4 Å². The van der Waals surface area contributed by atoms with E-state index in [4.69, 9.17) is 18.0 Å². The van der Waals surface area contributed by atoms with Gasteiger partial charge in [-0.15, -0.1) is 0 Å². The zero-order valence-corrected chi connectivity index (χ0v) is 10.8. The predicted octanol–water partition coefficient (Wildman–Crippen LogP) is 2.38. The first-order valence-electron chi connectivity index (χ1n) is 5.12. The topological polar surface area (TPSA) is 55.1 Å². The summed E-state index contributed by atoms with van der Waals surface area (Å²) >= 11 is 4.81. The summed E-state index contributed by atoms with van der Waals surface area (Å²) in [5, 5.41) is 2.59. The number of rotatable bonds is 3. The van der Waals surface area contributed by atoms with E-state index in [0.29, 0.717) is 11.3 Å². The molecular formula is C12H15FN2OS. The first kappa shape index (κ1) is 13.6. The number of halogens is 1. The molecular weight excluding hydrogens is 239 g/mol. The average molecular weight is 254 g/mol. The molecule has 0 aliphatic carbocycles. The van der Waals surface area contributed by atoms with Crippen LogP contribution >= 0.6 is 12.2 Å². The van der Waals surface area contributed by atoms with E-state index >= 15 is 0 Å². The molecule has 0 unspecified atom stereocenters. The van der Waals surface area contributed by atoms with E-state index in [2.05, 4.69) is 5.32 Å². The fraction of sp³-hybridized carbons (Fsp3) is 0.333. The van der Waals surface area contributed by atoms with Gasteiger partial charge in [0.15, 0.2) is 0 Å². The molecule has 0 heterocycles. The van der Waals surface area contributed by atoms with E-state index in [1.165, 1.54) is 6.07 Å². The number of hydrogen-bond acceptors (Lipinski definition) is 2. The Hall–Kier alpha value is -1.49. The van der Waals surface area contributed by atoms with Crippen LogP contribution < -0.4 is 11.1 Å². The van der Waals surface area contributed by atoms with Crippen molar-refractivity contribution in [2.45, 2.75) is 20.8 Å². The van der Waals surface area contributed by atoms with Crippen LogP contribution in [-0.4, -0.2) is 10.9 Å². The highest BCUT2D eigenvalue weighted by atomic mass is 32.1. The van der Waals surface area contributed by atoms with Crippen molar-refractivity contribution in [3.8, 4) is 0 Å². The second kappa shape index (κ2) is 4.79. The fourth-order valence-corrected chi connectivity index (χ4v) is 1.16. The highest BCUT2D eigenvalue weighted by molar-refractivity contribution is 7.80. The van der Waals surface area contributed by atoms with Gasteiger partial charge < -0.3 is 11.1 Å². The molecule has 0 fully saturated rings. The monoisotopic (exact) mass is 254 g/mol. The van der Waals surface area contributed by atoms with Crippen molar-refractivity contribution < 1.29 is 9.18 Å². The number of aryl methyl sites for hydroxylation is 1. The van der Waals surface area contributed by atoms with Crippen LogP contribution in [0.15, 0.2) is 18.2 Å². The summed E-state index contributed by atoms with van der Waals surface area (Å²) in [4.78, 5) is 12.0. The molecule has 0 bridgehead atoms. The van der Waals surface area contributed by atoms with Gasteiger partial charge in [-0.3, -0.25) is 4.79 Å². The molecule has 0 saturated carbocycles.